The van der Waals surface area contributed by atoms with Gasteiger partial charge in [-0.15, -0.1) is 0 Å². The Balaban J connectivity index is 1.64. The number of amides is 1. The number of hydrogen-bond donors (Lipinski definition) is 0. The van der Waals surface area contributed by atoms with Gasteiger partial charge in [0.1, 0.15) is 11.6 Å². The molecular formula is C24H22FNO3. The highest BCUT2D eigenvalue weighted by molar-refractivity contribution is 6.09. The Labute approximate surface area is 169 Å². The third kappa shape index (κ3) is 5.08. The van der Waals surface area contributed by atoms with Gasteiger partial charge in [0.05, 0.1) is 0 Å². The number of benzene rings is 3. The van der Waals surface area contributed by atoms with Crippen LogP contribution in [0.5, 0.6) is 5.75 Å². The van der Waals surface area contributed by atoms with Crippen LogP contribution in [-0.2, 0) is 4.79 Å². The SMILES string of the molecule is CC(C)N(C(=O)COc1ccc(C(=O)c2ccc(F)cc2)cc1)c1ccccc1. The lowest BCUT2D eigenvalue weighted by molar-refractivity contribution is -0.120. The molecule has 0 bridgehead atoms. The molecular weight excluding hydrogens is 369 g/mol. The zero-order valence-corrected chi connectivity index (χ0v) is 16.3. The Kier molecular flexibility index (Phi) is 6.39. The van der Waals surface area contributed by atoms with Crippen molar-refractivity contribution in [3.05, 3.63) is 95.8 Å². The van der Waals surface area contributed by atoms with Crippen molar-refractivity contribution in [2.75, 3.05) is 11.5 Å². The number of carbonyl (C=O) groups is 2. The number of ether oxygens (including phenoxy) is 1. The second-order valence-electron chi connectivity index (χ2n) is 6.84. The van der Waals surface area contributed by atoms with Crippen LogP contribution in [0.2, 0.25) is 0 Å². The molecule has 0 radical (unpaired) electrons. The molecule has 0 heterocycles. The minimum absolute atomic E-state index is 0.00999. The molecule has 0 saturated carbocycles. The van der Waals surface area contributed by atoms with E-state index in [0.717, 1.165) is 5.69 Å². The van der Waals surface area contributed by atoms with Crippen LogP contribution in [0.25, 0.3) is 0 Å². The lowest BCUT2D eigenvalue weighted by atomic mass is 10.0. The molecule has 3 aromatic carbocycles. The summed E-state index contributed by atoms with van der Waals surface area (Å²) in [4.78, 5) is 26.8. The molecule has 148 valence electrons. The highest BCUT2D eigenvalue weighted by Gasteiger charge is 2.19. The predicted octanol–water partition coefficient (Wildman–Crippen LogP) is 4.88. The maximum atomic E-state index is 13.0. The highest BCUT2D eigenvalue weighted by Crippen LogP contribution is 2.19. The standard InChI is InChI=1S/C24H22FNO3/c1-17(2)26(21-6-4-3-5-7-21)23(27)16-29-22-14-10-19(11-15-22)24(28)18-8-12-20(25)13-9-18/h3-15,17H,16H2,1-2H3. The number of carbonyl (C=O) groups excluding carboxylic acids is 2. The van der Waals surface area contributed by atoms with E-state index in [4.69, 9.17) is 4.74 Å². The Morgan fingerprint density at radius 1 is 0.862 bits per heavy atom. The van der Waals surface area contributed by atoms with E-state index in [1.165, 1.54) is 24.3 Å². The summed E-state index contributed by atoms with van der Waals surface area (Å²) in [5, 5.41) is 0. The Bertz CT molecular complexity index is 967. The summed E-state index contributed by atoms with van der Waals surface area (Å²) in [5.74, 6) is -0.257. The molecule has 0 aliphatic rings. The molecule has 0 aromatic heterocycles. The van der Waals surface area contributed by atoms with Crippen LogP contribution >= 0.6 is 0 Å². The Morgan fingerprint density at radius 3 is 1.97 bits per heavy atom. The van der Waals surface area contributed by atoms with Gasteiger partial charge in [-0.2, -0.15) is 0 Å². The third-order valence-corrected chi connectivity index (χ3v) is 4.40. The van der Waals surface area contributed by atoms with Gasteiger partial charge >= 0.3 is 0 Å². The number of anilines is 1. The van der Waals surface area contributed by atoms with Crippen molar-refractivity contribution in [2.45, 2.75) is 19.9 Å². The number of rotatable bonds is 7. The van der Waals surface area contributed by atoms with Crippen LogP contribution < -0.4 is 9.64 Å². The molecule has 29 heavy (non-hydrogen) atoms. The summed E-state index contributed by atoms with van der Waals surface area (Å²) in [5.41, 5.74) is 1.69. The van der Waals surface area contributed by atoms with Crippen molar-refractivity contribution in [1.82, 2.24) is 0 Å². The average molecular weight is 391 g/mol. The highest BCUT2D eigenvalue weighted by atomic mass is 19.1. The van der Waals surface area contributed by atoms with Crippen LogP contribution in [-0.4, -0.2) is 24.3 Å². The third-order valence-electron chi connectivity index (χ3n) is 4.40. The second kappa shape index (κ2) is 9.15. The summed E-state index contributed by atoms with van der Waals surface area (Å²) < 4.78 is 18.6. The monoisotopic (exact) mass is 391 g/mol. The minimum Gasteiger partial charge on any atom is -0.484 e. The minimum atomic E-state index is -0.388. The first-order chi connectivity index (χ1) is 14.0. The van der Waals surface area contributed by atoms with Crippen LogP contribution in [0.15, 0.2) is 78.9 Å². The largest absolute Gasteiger partial charge is 0.484 e. The van der Waals surface area contributed by atoms with Gasteiger partial charge in [-0.1, -0.05) is 18.2 Å². The van der Waals surface area contributed by atoms with Gasteiger partial charge in [0.15, 0.2) is 12.4 Å². The van der Waals surface area contributed by atoms with Gasteiger partial charge in [0, 0.05) is 22.9 Å². The summed E-state index contributed by atoms with van der Waals surface area (Å²) in [6.45, 7) is 3.78. The molecule has 0 fully saturated rings. The van der Waals surface area contributed by atoms with Crippen molar-refractivity contribution in [3.63, 3.8) is 0 Å². The average Bonchev–Trinajstić information content (AvgIpc) is 2.73. The fourth-order valence-corrected chi connectivity index (χ4v) is 3.00. The van der Waals surface area contributed by atoms with E-state index in [9.17, 15) is 14.0 Å². The van der Waals surface area contributed by atoms with E-state index in [0.29, 0.717) is 16.9 Å². The quantitative estimate of drug-likeness (QED) is 0.540. The van der Waals surface area contributed by atoms with E-state index in [1.54, 1.807) is 29.2 Å². The molecule has 5 heteroatoms. The maximum absolute atomic E-state index is 13.0. The van der Waals surface area contributed by atoms with Gasteiger partial charge in [-0.05, 0) is 74.5 Å². The molecule has 0 spiro atoms. The van der Waals surface area contributed by atoms with Gasteiger partial charge in [0.2, 0.25) is 0 Å². The Hall–Kier alpha value is -3.47. The second-order valence-corrected chi connectivity index (χ2v) is 6.84. The van der Waals surface area contributed by atoms with Gasteiger partial charge in [-0.25, -0.2) is 4.39 Å². The molecule has 0 atom stereocenters. The van der Waals surface area contributed by atoms with Crippen molar-refractivity contribution in [1.29, 1.82) is 0 Å². The van der Waals surface area contributed by atoms with Crippen LogP contribution in [0.4, 0.5) is 10.1 Å². The van der Waals surface area contributed by atoms with Gasteiger partial charge in [-0.3, -0.25) is 9.59 Å². The van der Waals surface area contributed by atoms with Crippen molar-refractivity contribution in [3.8, 4) is 5.75 Å². The van der Waals surface area contributed by atoms with Crippen LogP contribution in [0.1, 0.15) is 29.8 Å². The molecule has 0 saturated heterocycles. The first-order valence-corrected chi connectivity index (χ1v) is 9.36. The van der Waals surface area contributed by atoms with E-state index < -0.39 is 0 Å². The lowest BCUT2D eigenvalue weighted by Crippen LogP contribution is -2.40. The number of para-hydroxylation sites is 1. The topological polar surface area (TPSA) is 46.6 Å². The van der Waals surface area contributed by atoms with E-state index in [1.807, 2.05) is 44.2 Å². The maximum Gasteiger partial charge on any atom is 0.265 e. The number of nitrogens with zero attached hydrogens (tertiary/aromatic N) is 1. The predicted molar refractivity (Wildman–Crippen MR) is 111 cm³/mol. The van der Waals surface area contributed by atoms with E-state index in [2.05, 4.69) is 0 Å². The normalized spacial score (nSPS) is 10.6. The molecule has 0 aliphatic heterocycles. The molecule has 0 unspecified atom stereocenters. The number of ketones is 1. The molecule has 0 N–H and O–H groups in total. The van der Waals surface area contributed by atoms with Crippen molar-refractivity contribution in [2.24, 2.45) is 0 Å². The zero-order valence-electron chi connectivity index (χ0n) is 16.3. The summed E-state index contributed by atoms with van der Waals surface area (Å²) >= 11 is 0. The zero-order chi connectivity index (χ0) is 20.8. The molecule has 3 aromatic rings. The fourth-order valence-electron chi connectivity index (χ4n) is 3.00. The van der Waals surface area contributed by atoms with E-state index >= 15 is 0 Å². The van der Waals surface area contributed by atoms with Gasteiger partial charge < -0.3 is 9.64 Å². The first-order valence-electron chi connectivity index (χ1n) is 9.36. The number of halogens is 1. The molecule has 0 aliphatic carbocycles. The summed E-state index contributed by atoms with van der Waals surface area (Å²) in [6, 6.07) is 21.4. The first kappa shape index (κ1) is 20.3. The molecule has 1 amide bonds. The van der Waals surface area contributed by atoms with Crippen LogP contribution in [0, 0.1) is 5.82 Å². The smallest absolute Gasteiger partial charge is 0.265 e. The molecule has 3 rings (SSSR count). The van der Waals surface area contributed by atoms with Crippen molar-refractivity contribution >= 4 is 17.4 Å². The fraction of sp³-hybridized carbons (Fsp3) is 0.167. The molecule has 4 nitrogen and oxygen atoms in total. The summed E-state index contributed by atoms with van der Waals surface area (Å²) in [7, 11) is 0. The lowest BCUT2D eigenvalue weighted by Gasteiger charge is -2.26. The summed E-state index contributed by atoms with van der Waals surface area (Å²) in [6.07, 6.45) is 0. The van der Waals surface area contributed by atoms with Crippen LogP contribution in [0.3, 0.4) is 0 Å². The number of hydrogen-bond acceptors (Lipinski definition) is 3. The van der Waals surface area contributed by atoms with E-state index in [-0.39, 0.29) is 30.2 Å². The Morgan fingerprint density at radius 2 is 1.41 bits per heavy atom. The van der Waals surface area contributed by atoms with Gasteiger partial charge in [0.25, 0.3) is 5.91 Å². The van der Waals surface area contributed by atoms with Crippen molar-refractivity contribution < 1.29 is 18.7 Å².